The average molecular weight is 669 g/mol. The molecule has 1 rings (SSSR count). The van der Waals surface area contributed by atoms with Crippen LogP contribution in [-0.2, 0) is 19.3 Å². The molecule has 0 fully saturated rings. The number of nitrogens with zero attached hydrogens (tertiary/aromatic N) is 3. The van der Waals surface area contributed by atoms with E-state index >= 15 is 0 Å². The molecule has 1 aromatic heterocycles. The van der Waals surface area contributed by atoms with Gasteiger partial charge in [-0.3, -0.25) is 0 Å². The van der Waals surface area contributed by atoms with Crippen LogP contribution in [0.15, 0.2) is 0 Å². The van der Waals surface area contributed by atoms with E-state index in [-0.39, 0.29) is 0 Å². The van der Waals surface area contributed by atoms with Crippen molar-refractivity contribution in [3.05, 3.63) is 24.4 Å². The quantitative estimate of drug-likeness (QED) is 0.0655. The highest BCUT2D eigenvalue weighted by atomic mass is 15.0. The van der Waals surface area contributed by atoms with E-state index < -0.39 is 0 Å². The molecule has 0 aliphatic carbocycles. The van der Waals surface area contributed by atoms with E-state index in [9.17, 15) is 0 Å². The number of unbranched alkanes of at least 4 members (excludes halogenated alkanes) is 33. The molecule has 281 valence electrons. The molecule has 0 saturated heterocycles. The molecule has 0 aliphatic heterocycles. The third-order valence-electron chi connectivity index (χ3n) is 10.4. The van der Waals surface area contributed by atoms with Crippen molar-refractivity contribution >= 4 is 0 Å². The summed E-state index contributed by atoms with van der Waals surface area (Å²) in [7, 11) is 0. The molecule has 0 spiro atoms. The van der Waals surface area contributed by atoms with Gasteiger partial charge < -0.3 is 0 Å². The van der Waals surface area contributed by atoms with Crippen molar-refractivity contribution in [1.29, 1.82) is 0 Å². The summed E-state index contributed by atoms with van der Waals surface area (Å²) in [5.74, 6) is 3.11. The molecule has 0 atom stereocenters. The molecule has 0 saturated carbocycles. The number of aryl methyl sites for hydroxylation is 3. The highest BCUT2D eigenvalue weighted by Gasteiger charge is 2.07. The van der Waals surface area contributed by atoms with Gasteiger partial charge in [0.1, 0.15) is 17.5 Å². The molecule has 0 aromatic carbocycles. The zero-order chi connectivity index (χ0) is 34.4. The molecule has 1 heterocycles. The van der Waals surface area contributed by atoms with Crippen LogP contribution in [0.4, 0.5) is 0 Å². The van der Waals surface area contributed by atoms with Gasteiger partial charge in [0.25, 0.3) is 0 Å². The number of hydrogen-bond acceptors (Lipinski definition) is 3. The maximum absolute atomic E-state index is 4.93. The largest absolute Gasteiger partial charge is 0.218 e. The van der Waals surface area contributed by atoms with Gasteiger partial charge in [0.15, 0.2) is 0 Å². The maximum Gasteiger partial charge on any atom is 0.132 e. The predicted octanol–water partition coefficient (Wildman–Crippen LogP) is 15.4. The van der Waals surface area contributed by atoms with Crippen LogP contribution in [0.25, 0.3) is 0 Å². The van der Waals surface area contributed by atoms with E-state index in [0.29, 0.717) is 0 Å². The van der Waals surface area contributed by atoms with Crippen LogP contribution in [0.2, 0.25) is 0 Å². The minimum Gasteiger partial charge on any atom is -0.218 e. The summed E-state index contributed by atoms with van der Waals surface area (Å²) in [5.41, 5.74) is 0. The molecule has 0 N–H and O–H groups in total. The zero-order valence-electron chi connectivity index (χ0n) is 33.1. The molecule has 0 bridgehead atoms. The Morgan fingerprint density at radius 2 is 0.458 bits per heavy atom. The molecule has 1 radical (unpaired) electrons. The molecule has 1 aromatic rings. The fraction of sp³-hybridized carbons (Fsp3) is 0.911. The van der Waals surface area contributed by atoms with Gasteiger partial charge in [-0.15, -0.1) is 0 Å². The summed E-state index contributed by atoms with van der Waals surface area (Å²) in [5, 5.41) is 0. The van der Waals surface area contributed by atoms with Crippen LogP contribution < -0.4 is 0 Å². The lowest BCUT2D eigenvalue weighted by Crippen LogP contribution is -2.08. The Morgan fingerprint density at radius 3 is 0.667 bits per heavy atom. The van der Waals surface area contributed by atoms with Crippen LogP contribution in [-0.4, -0.2) is 15.0 Å². The lowest BCUT2D eigenvalue weighted by Gasteiger charge is -2.08. The summed E-state index contributed by atoms with van der Waals surface area (Å²) >= 11 is 0. The Morgan fingerprint density at radius 1 is 0.271 bits per heavy atom. The second-order valence-electron chi connectivity index (χ2n) is 15.4. The Hall–Kier alpha value is -0.990. The van der Waals surface area contributed by atoms with Crippen molar-refractivity contribution in [1.82, 2.24) is 15.0 Å². The first kappa shape index (κ1) is 45.0. The van der Waals surface area contributed by atoms with E-state index in [1.165, 1.54) is 218 Å². The van der Waals surface area contributed by atoms with Crippen molar-refractivity contribution in [2.75, 3.05) is 0 Å². The summed E-state index contributed by atoms with van der Waals surface area (Å²) in [6, 6.07) is 0. The Balaban J connectivity index is 2.04. The number of aromatic nitrogens is 3. The molecule has 3 nitrogen and oxygen atoms in total. The first-order chi connectivity index (χ1) is 23.8. The van der Waals surface area contributed by atoms with Crippen molar-refractivity contribution in [2.24, 2.45) is 0 Å². The van der Waals surface area contributed by atoms with Crippen LogP contribution in [0.5, 0.6) is 0 Å². The highest BCUT2D eigenvalue weighted by molar-refractivity contribution is 4.99. The van der Waals surface area contributed by atoms with Gasteiger partial charge in [-0.1, -0.05) is 233 Å². The van der Waals surface area contributed by atoms with Gasteiger partial charge in [0.05, 0.1) is 0 Å². The number of rotatable bonds is 39. The van der Waals surface area contributed by atoms with E-state index in [1.807, 2.05) is 0 Å². The second kappa shape index (κ2) is 37.3. The fourth-order valence-electron chi connectivity index (χ4n) is 7.16. The fourth-order valence-corrected chi connectivity index (χ4v) is 7.16. The maximum atomic E-state index is 4.93. The predicted molar refractivity (Wildman–Crippen MR) is 214 cm³/mol. The molecular weight excluding hydrogens is 583 g/mol. The summed E-state index contributed by atoms with van der Waals surface area (Å²) in [6.07, 6.45) is 53.1. The van der Waals surface area contributed by atoms with Crippen LogP contribution in [0, 0.1) is 6.92 Å². The van der Waals surface area contributed by atoms with Crippen LogP contribution >= 0.6 is 0 Å². The molecule has 48 heavy (non-hydrogen) atoms. The van der Waals surface area contributed by atoms with Gasteiger partial charge in [-0.05, 0) is 19.3 Å². The summed E-state index contributed by atoms with van der Waals surface area (Å²) in [4.78, 5) is 14.6. The summed E-state index contributed by atoms with van der Waals surface area (Å²) in [6.45, 7) is 8.64. The molecular formula is C45H86N3. The van der Waals surface area contributed by atoms with Gasteiger partial charge in [0, 0.05) is 19.3 Å². The van der Waals surface area contributed by atoms with Crippen molar-refractivity contribution in [3.8, 4) is 0 Å². The minimum atomic E-state index is 0.949. The topological polar surface area (TPSA) is 38.7 Å². The molecule has 0 aliphatic rings. The third kappa shape index (κ3) is 31.0. The summed E-state index contributed by atoms with van der Waals surface area (Å²) < 4.78 is 0. The monoisotopic (exact) mass is 669 g/mol. The van der Waals surface area contributed by atoms with Crippen LogP contribution in [0.1, 0.15) is 262 Å². The second-order valence-corrected chi connectivity index (χ2v) is 15.4. The smallest absolute Gasteiger partial charge is 0.132 e. The molecule has 0 amide bonds. The lowest BCUT2D eigenvalue weighted by molar-refractivity contribution is 0.525. The van der Waals surface area contributed by atoms with E-state index in [0.717, 1.165) is 49.6 Å². The van der Waals surface area contributed by atoms with Crippen molar-refractivity contribution in [2.45, 2.75) is 264 Å². The van der Waals surface area contributed by atoms with E-state index in [4.69, 9.17) is 15.0 Å². The Bertz CT molecular complexity index is 706. The van der Waals surface area contributed by atoms with Gasteiger partial charge in [-0.2, -0.15) is 0 Å². The van der Waals surface area contributed by atoms with E-state index in [2.05, 4.69) is 20.8 Å². The van der Waals surface area contributed by atoms with E-state index in [1.54, 1.807) is 0 Å². The third-order valence-corrected chi connectivity index (χ3v) is 10.4. The van der Waals surface area contributed by atoms with Crippen molar-refractivity contribution in [3.63, 3.8) is 0 Å². The standard InChI is InChI=1S/C45H86N3/c1-4-7-10-12-14-16-18-20-22-24-26-28-30-32-34-36-38-41-44-46-43(40-9-6-3)47-45(48-44)42-39-37-35-33-31-29-27-25-23-21-19-17-15-13-11-8-5-2/h3-42H2,1-2H3. The van der Waals surface area contributed by atoms with Gasteiger partial charge in [0.2, 0.25) is 0 Å². The zero-order valence-corrected chi connectivity index (χ0v) is 33.1. The average Bonchev–Trinajstić information content (AvgIpc) is 3.10. The molecule has 3 heteroatoms. The highest BCUT2D eigenvalue weighted by Crippen LogP contribution is 2.17. The first-order valence-electron chi connectivity index (χ1n) is 22.3. The van der Waals surface area contributed by atoms with Crippen LogP contribution in [0.3, 0.4) is 0 Å². The SMILES string of the molecule is [CH2]CCCc1nc(CCCCCCCCCCCCCCCCCCC)nc(CCCCCCCCCCCCCCCCCCC)n1. The lowest BCUT2D eigenvalue weighted by atomic mass is 10.0. The molecule has 0 unspecified atom stereocenters. The normalized spacial score (nSPS) is 11.6. The number of hydrogen-bond donors (Lipinski definition) is 0. The van der Waals surface area contributed by atoms with Gasteiger partial charge >= 0.3 is 0 Å². The Kier molecular flexibility index (Phi) is 35.0. The first-order valence-corrected chi connectivity index (χ1v) is 22.3. The Labute approximate surface area is 302 Å². The van der Waals surface area contributed by atoms with Crippen molar-refractivity contribution < 1.29 is 0 Å². The minimum absolute atomic E-state index is 0.949. The van der Waals surface area contributed by atoms with Gasteiger partial charge in [-0.25, -0.2) is 15.0 Å².